The molecule has 0 spiro atoms. The monoisotopic (exact) mass is 193 g/mol. The molecule has 0 aliphatic rings. The SMILES string of the molecule is CCOC(=O)[O-].C[N+](C)(C)CCO. The Kier molecular flexibility index (Phi) is 8.84. The van der Waals surface area contributed by atoms with Gasteiger partial charge in [0.05, 0.1) is 27.7 Å². The minimum atomic E-state index is -1.46. The van der Waals surface area contributed by atoms with Gasteiger partial charge in [0.2, 0.25) is 0 Å². The van der Waals surface area contributed by atoms with Crippen molar-refractivity contribution in [2.45, 2.75) is 6.92 Å². The molecular formula is C8H19NO4. The van der Waals surface area contributed by atoms with Crippen LogP contribution >= 0.6 is 0 Å². The topological polar surface area (TPSA) is 69.6 Å². The Morgan fingerprint density at radius 2 is 1.92 bits per heavy atom. The van der Waals surface area contributed by atoms with Gasteiger partial charge in [-0.05, 0) is 6.92 Å². The van der Waals surface area contributed by atoms with Gasteiger partial charge in [-0.1, -0.05) is 0 Å². The average Bonchev–Trinajstić information content (AvgIpc) is 1.84. The summed E-state index contributed by atoms with van der Waals surface area (Å²) in [6, 6.07) is 0. The van der Waals surface area contributed by atoms with Crippen LogP contribution in [0, 0.1) is 0 Å². The van der Waals surface area contributed by atoms with Crippen LogP contribution in [0.5, 0.6) is 0 Å². The summed E-state index contributed by atoms with van der Waals surface area (Å²) in [6.07, 6.45) is -1.46. The minimum Gasteiger partial charge on any atom is -0.550 e. The number of quaternary nitrogens is 1. The number of aliphatic hydroxyl groups excluding tert-OH is 1. The second kappa shape index (κ2) is 7.82. The molecule has 0 amide bonds. The van der Waals surface area contributed by atoms with Crippen LogP contribution in [-0.2, 0) is 4.74 Å². The molecule has 0 saturated heterocycles. The molecule has 0 bridgehead atoms. The number of rotatable bonds is 3. The third-order valence-corrected chi connectivity index (χ3v) is 1.03. The molecule has 1 N–H and O–H groups in total. The molecule has 0 fully saturated rings. The Morgan fingerprint density at radius 1 is 1.46 bits per heavy atom. The molecule has 13 heavy (non-hydrogen) atoms. The van der Waals surface area contributed by atoms with Crippen LogP contribution in [0.3, 0.4) is 0 Å². The largest absolute Gasteiger partial charge is 0.550 e. The first-order chi connectivity index (χ1) is 5.83. The van der Waals surface area contributed by atoms with Crippen LogP contribution in [0.2, 0.25) is 0 Å². The van der Waals surface area contributed by atoms with E-state index in [2.05, 4.69) is 25.9 Å². The van der Waals surface area contributed by atoms with E-state index in [9.17, 15) is 9.90 Å². The lowest BCUT2D eigenvalue weighted by Gasteiger charge is -2.21. The quantitative estimate of drug-likeness (QED) is 0.463. The number of carboxylic acid groups (broad SMARTS) is 1. The zero-order valence-corrected chi connectivity index (χ0v) is 8.74. The summed E-state index contributed by atoms with van der Waals surface area (Å²) in [5, 5.41) is 17.7. The average molecular weight is 193 g/mol. The number of ether oxygens (including phenoxy) is 1. The van der Waals surface area contributed by atoms with Gasteiger partial charge in [0.25, 0.3) is 6.16 Å². The predicted molar refractivity (Wildman–Crippen MR) is 47.0 cm³/mol. The Bertz CT molecular complexity index is 131. The molecule has 0 radical (unpaired) electrons. The number of likely N-dealkylation sites (N-methyl/N-ethyl adjacent to an activating group) is 1. The van der Waals surface area contributed by atoms with Crippen LogP contribution in [0.1, 0.15) is 6.92 Å². The second-order valence-corrected chi connectivity index (χ2v) is 3.42. The zero-order valence-electron chi connectivity index (χ0n) is 8.74. The summed E-state index contributed by atoms with van der Waals surface area (Å²) in [7, 11) is 6.16. The van der Waals surface area contributed by atoms with Crippen molar-refractivity contribution >= 4 is 6.16 Å². The maximum atomic E-state index is 9.27. The molecule has 0 atom stereocenters. The molecule has 0 aliphatic heterocycles. The van der Waals surface area contributed by atoms with E-state index < -0.39 is 6.16 Å². The number of carbonyl (C=O) groups excluding carboxylic acids is 1. The highest BCUT2D eigenvalue weighted by molar-refractivity contribution is 5.53. The number of hydrogen-bond acceptors (Lipinski definition) is 4. The lowest BCUT2D eigenvalue weighted by Crippen LogP contribution is -2.36. The van der Waals surface area contributed by atoms with Crippen LogP contribution < -0.4 is 5.11 Å². The van der Waals surface area contributed by atoms with E-state index in [-0.39, 0.29) is 13.2 Å². The van der Waals surface area contributed by atoms with Crippen LogP contribution in [0.15, 0.2) is 0 Å². The normalized spacial score (nSPS) is 9.92. The van der Waals surface area contributed by atoms with Gasteiger partial charge in [-0.3, -0.25) is 0 Å². The van der Waals surface area contributed by atoms with Gasteiger partial charge in [0.15, 0.2) is 0 Å². The van der Waals surface area contributed by atoms with Crippen molar-refractivity contribution < 1.29 is 24.2 Å². The lowest BCUT2D eigenvalue weighted by molar-refractivity contribution is -0.870. The van der Waals surface area contributed by atoms with Crippen LogP contribution in [0.25, 0.3) is 0 Å². The highest BCUT2D eigenvalue weighted by Crippen LogP contribution is 1.84. The van der Waals surface area contributed by atoms with Gasteiger partial charge in [-0.25, -0.2) is 0 Å². The summed E-state index contributed by atoms with van der Waals surface area (Å²) in [4.78, 5) is 9.27. The summed E-state index contributed by atoms with van der Waals surface area (Å²) < 4.78 is 4.69. The minimum absolute atomic E-state index is 0.169. The van der Waals surface area contributed by atoms with Crippen molar-refractivity contribution in [3.8, 4) is 0 Å². The summed E-state index contributed by atoms with van der Waals surface area (Å²) >= 11 is 0. The summed E-state index contributed by atoms with van der Waals surface area (Å²) in [6.45, 7) is 2.86. The Hall–Kier alpha value is -0.810. The molecule has 5 nitrogen and oxygen atoms in total. The standard InChI is InChI=1S/C5H14NO.C3H6O3/c1-6(2,3)4-5-7;1-2-6-3(4)5/h7H,4-5H2,1-3H3;2H2,1H3,(H,4,5)/q+1;/p-1. The fourth-order valence-electron chi connectivity index (χ4n) is 0.418. The molecule has 0 aromatic rings. The molecule has 0 saturated carbocycles. The van der Waals surface area contributed by atoms with Gasteiger partial charge in [-0.15, -0.1) is 0 Å². The molecule has 5 heteroatoms. The molecular weight excluding hydrogens is 174 g/mol. The number of carbonyl (C=O) groups is 1. The van der Waals surface area contributed by atoms with E-state index in [0.717, 1.165) is 11.0 Å². The summed E-state index contributed by atoms with van der Waals surface area (Å²) in [5.74, 6) is 0. The van der Waals surface area contributed by atoms with Gasteiger partial charge in [-0.2, -0.15) is 0 Å². The van der Waals surface area contributed by atoms with Crippen LogP contribution in [0.4, 0.5) is 4.79 Å². The van der Waals surface area contributed by atoms with E-state index in [1.54, 1.807) is 6.92 Å². The van der Waals surface area contributed by atoms with Gasteiger partial charge in [0, 0.05) is 6.61 Å². The molecule has 0 unspecified atom stereocenters. The number of hydrogen-bond donors (Lipinski definition) is 1. The van der Waals surface area contributed by atoms with Gasteiger partial charge >= 0.3 is 0 Å². The first-order valence-electron chi connectivity index (χ1n) is 4.08. The molecule has 0 aromatic heterocycles. The first-order valence-corrected chi connectivity index (χ1v) is 4.08. The molecule has 0 rings (SSSR count). The van der Waals surface area contributed by atoms with Crippen LogP contribution in [-0.4, -0.2) is 56.6 Å². The Morgan fingerprint density at radius 3 is 1.92 bits per heavy atom. The van der Waals surface area contributed by atoms with Crippen molar-refractivity contribution in [2.24, 2.45) is 0 Å². The Balaban J connectivity index is 0. The fraction of sp³-hybridized carbons (Fsp3) is 0.875. The zero-order chi connectivity index (χ0) is 10.9. The van der Waals surface area contributed by atoms with Crippen molar-refractivity contribution in [3.05, 3.63) is 0 Å². The molecule has 0 aliphatic carbocycles. The van der Waals surface area contributed by atoms with E-state index in [1.165, 1.54) is 0 Å². The van der Waals surface area contributed by atoms with Crippen molar-refractivity contribution in [2.75, 3.05) is 40.9 Å². The number of nitrogens with zero attached hydrogens (tertiary/aromatic N) is 1. The molecule has 0 heterocycles. The van der Waals surface area contributed by atoms with Crippen molar-refractivity contribution in [1.29, 1.82) is 0 Å². The molecule has 0 aromatic carbocycles. The highest BCUT2D eigenvalue weighted by atomic mass is 16.7. The van der Waals surface area contributed by atoms with E-state index in [0.29, 0.717) is 0 Å². The first kappa shape index (κ1) is 14.7. The third kappa shape index (κ3) is 24.7. The third-order valence-electron chi connectivity index (χ3n) is 1.03. The number of aliphatic hydroxyl groups is 1. The van der Waals surface area contributed by atoms with E-state index in [1.807, 2.05) is 0 Å². The fourth-order valence-corrected chi connectivity index (χ4v) is 0.418. The lowest BCUT2D eigenvalue weighted by atomic mass is 10.5. The van der Waals surface area contributed by atoms with Gasteiger partial charge in [0.1, 0.15) is 6.54 Å². The second-order valence-electron chi connectivity index (χ2n) is 3.42. The highest BCUT2D eigenvalue weighted by Gasteiger charge is 2.02. The maximum Gasteiger partial charge on any atom is 0.251 e. The Labute approximate surface area is 79.1 Å². The van der Waals surface area contributed by atoms with E-state index >= 15 is 0 Å². The summed E-state index contributed by atoms with van der Waals surface area (Å²) in [5.41, 5.74) is 0. The maximum absolute atomic E-state index is 9.27. The van der Waals surface area contributed by atoms with Gasteiger partial charge < -0.3 is 24.2 Å². The van der Waals surface area contributed by atoms with Crippen molar-refractivity contribution in [1.82, 2.24) is 0 Å². The molecule has 80 valence electrons. The van der Waals surface area contributed by atoms with E-state index in [4.69, 9.17) is 5.11 Å². The predicted octanol–water partition coefficient (Wildman–Crippen LogP) is -0.949. The van der Waals surface area contributed by atoms with Crippen molar-refractivity contribution in [3.63, 3.8) is 0 Å². The smallest absolute Gasteiger partial charge is 0.251 e.